The molecule has 18 heavy (non-hydrogen) atoms. The molecule has 1 amide bonds. The number of hydrogen-bond donors (Lipinski definition) is 1. The molecule has 1 heterocycles. The van der Waals surface area contributed by atoms with Gasteiger partial charge in [0.05, 0.1) is 10.2 Å². The van der Waals surface area contributed by atoms with E-state index in [1.807, 2.05) is 12.1 Å². The molecule has 0 saturated heterocycles. The van der Waals surface area contributed by atoms with Gasteiger partial charge in [0.1, 0.15) is 0 Å². The van der Waals surface area contributed by atoms with E-state index in [4.69, 9.17) is 11.6 Å². The number of thiazole rings is 1. The van der Waals surface area contributed by atoms with Crippen LogP contribution in [-0.2, 0) is 0 Å². The lowest BCUT2D eigenvalue weighted by Crippen LogP contribution is -2.33. The largest absolute Gasteiger partial charge is 0.349 e. The summed E-state index contributed by atoms with van der Waals surface area (Å²) in [5, 5.41) is 3.04. The molecular weight excluding hydrogens is 268 g/mol. The van der Waals surface area contributed by atoms with Crippen LogP contribution in [0.3, 0.4) is 0 Å². The third-order valence-corrected chi connectivity index (χ3v) is 4.44. The van der Waals surface area contributed by atoms with Gasteiger partial charge in [-0.25, -0.2) is 4.98 Å². The molecule has 2 aromatic rings. The Morgan fingerprint density at radius 2 is 2.33 bits per heavy atom. The van der Waals surface area contributed by atoms with Crippen LogP contribution < -0.4 is 5.32 Å². The zero-order valence-electron chi connectivity index (χ0n) is 9.94. The van der Waals surface area contributed by atoms with Crippen molar-refractivity contribution in [1.82, 2.24) is 10.3 Å². The first-order valence-corrected chi connectivity index (χ1v) is 7.20. The van der Waals surface area contributed by atoms with E-state index in [0.717, 1.165) is 10.2 Å². The van der Waals surface area contributed by atoms with Gasteiger partial charge >= 0.3 is 0 Å². The number of carbonyl (C=O) groups is 1. The summed E-state index contributed by atoms with van der Waals surface area (Å²) < 4.78 is 1.46. The summed E-state index contributed by atoms with van der Waals surface area (Å²) in [6.07, 6.45) is 2.45. The Morgan fingerprint density at radius 1 is 1.56 bits per heavy atom. The maximum Gasteiger partial charge on any atom is 0.251 e. The number of benzene rings is 1. The van der Waals surface area contributed by atoms with Crippen molar-refractivity contribution in [3.63, 3.8) is 0 Å². The van der Waals surface area contributed by atoms with E-state index in [9.17, 15) is 4.79 Å². The standard InChI is InChI=1S/C13H13ClN2OS/c1-7(8-2-3-8)15-12(17)9-4-5-10-11(6-9)18-13(14)16-10/h4-8H,2-3H2,1H3,(H,15,17). The molecule has 1 unspecified atom stereocenters. The molecule has 1 N–H and O–H groups in total. The van der Waals surface area contributed by atoms with Crippen molar-refractivity contribution < 1.29 is 4.79 Å². The quantitative estimate of drug-likeness (QED) is 0.935. The maximum absolute atomic E-state index is 12.1. The molecular formula is C13H13ClN2OS. The molecule has 1 fully saturated rings. The van der Waals surface area contributed by atoms with E-state index < -0.39 is 0 Å². The monoisotopic (exact) mass is 280 g/mol. The fourth-order valence-corrected chi connectivity index (χ4v) is 3.11. The maximum atomic E-state index is 12.1. The molecule has 1 saturated carbocycles. The third kappa shape index (κ3) is 2.35. The third-order valence-electron chi connectivity index (χ3n) is 3.31. The Labute approximate surface area is 114 Å². The molecule has 3 rings (SSSR count). The minimum atomic E-state index is -0.0131. The van der Waals surface area contributed by atoms with E-state index in [-0.39, 0.29) is 11.9 Å². The zero-order valence-corrected chi connectivity index (χ0v) is 11.5. The van der Waals surface area contributed by atoms with Crippen LogP contribution in [0.15, 0.2) is 18.2 Å². The summed E-state index contributed by atoms with van der Waals surface area (Å²) >= 11 is 7.25. The molecule has 3 nitrogen and oxygen atoms in total. The summed E-state index contributed by atoms with van der Waals surface area (Å²) in [5.74, 6) is 0.649. The van der Waals surface area contributed by atoms with Gasteiger partial charge in [0.2, 0.25) is 0 Å². The highest BCUT2D eigenvalue weighted by molar-refractivity contribution is 7.22. The predicted molar refractivity (Wildman–Crippen MR) is 74.3 cm³/mol. The van der Waals surface area contributed by atoms with Gasteiger partial charge in [0.25, 0.3) is 5.91 Å². The van der Waals surface area contributed by atoms with E-state index in [2.05, 4.69) is 17.2 Å². The van der Waals surface area contributed by atoms with Gasteiger partial charge in [-0.15, -0.1) is 11.3 Å². The molecule has 1 aromatic carbocycles. The number of halogens is 1. The number of hydrogen-bond acceptors (Lipinski definition) is 3. The highest BCUT2D eigenvalue weighted by atomic mass is 35.5. The molecule has 0 spiro atoms. The van der Waals surface area contributed by atoms with Crippen LogP contribution >= 0.6 is 22.9 Å². The van der Waals surface area contributed by atoms with E-state index in [0.29, 0.717) is 15.9 Å². The van der Waals surface area contributed by atoms with Gasteiger partial charge in [-0.05, 0) is 43.9 Å². The van der Waals surface area contributed by atoms with Gasteiger partial charge < -0.3 is 5.32 Å². The second kappa shape index (κ2) is 4.52. The van der Waals surface area contributed by atoms with Crippen LogP contribution in [0.1, 0.15) is 30.1 Å². The summed E-state index contributed by atoms with van der Waals surface area (Å²) in [5.41, 5.74) is 1.52. The van der Waals surface area contributed by atoms with Gasteiger partial charge in [-0.2, -0.15) is 0 Å². The number of rotatable bonds is 3. The molecule has 0 radical (unpaired) electrons. The fourth-order valence-electron chi connectivity index (χ4n) is 2.04. The second-order valence-electron chi connectivity index (χ2n) is 4.75. The molecule has 5 heteroatoms. The first-order chi connectivity index (χ1) is 8.63. The van der Waals surface area contributed by atoms with Crippen molar-refractivity contribution in [2.45, 2.75) is 25.8 Å². The van der Waals surface area contributed by atoms with Gasteiger partial charge in [0, 0.05) is 11.6 Å². The van der Waals surface area contributed by atoms with Crippen LogP contribution in [0.4, 0.5) is 0 Å². The topological polar surface area (TPSA) is 42.0 Å². The van der Waals surface area contributed by atoms with Gasteiger partial charge in [0.15, 0.2) is 4.47 Å². The lowest BCUT2D eigenvalue weighted by molar-refractivity contribution is 0.0936. The number of amides is 1. The Hall–Kier alpha value is -1.13. The lowest BCUT2D eigenvalue weighted by Gasteiger charge is -2.12. The number of nitrogens with one attached hydrogen (secondary N) is 1. The molecule has 1 aliphatic rings. The number of carbonyl (C=O) groups excluding carboxylic acids is 1. The first-order valence-electron chi connectivity index (χ1n) is 6.00. The summed E-state index contributed by atoms with van der Waals surface area (Å²) in [6, 6.07) is 5.76. The lowest BCUT2D eigenvalue weighted by atomic mass is 10.1. The van der Waals surface area contributed by atoms with Crippen molar-refractivity contribution >= 4 is 39.1 Å². The Balaban J connectivity index is 1.81. The molecule has 1 atom stereocenters. The van der Waals surface area contributed by atoms with Crippen molar-refractivity contribution in [3.8, 4) is 0 Å². The number of aromatic nitrogens is 1. The summed E-state index contributed by atoms with van der Waals surface area (Å²) in [4.78, 5) is 16.2. The normalized spacial score (nSPS) is 16.8. The molecule has 94 valence electrons. The zero-order chi connectivity index (χ0) is 12.7. The summed E-state index contributed by atoms with van der Waals surface area (Å²) in [7, 11) is 0. The second-order valence-corrected chi connectivity index (χ2v) is 6.36. The van der Waals surface area contributed by atoms with E-state index in [1.54, 1.807) is 6.07 Å². The molecule has 1 aliphatic carbocycles. The number of nitrogens with zero attached hydrogens (tertiary/aromatic N) is 1. The fraction of sp³-hybridized carbons (Fsp3) is 0.385. The average Bonchev–Trinajstić information content (AvgIpc) is 3.10. The summed E-state index contributed by atoms with van der Waals surface area (Å²) in [6.45, 7) is 2.07. The van der Waals surface area contributed by atoms with Crippen molar-refractivity contribution in [3.05, 3.63) is 28.2 Å². The van der Waals surface area contributed by atoms with E-state index in [1.165, 1.54) is 24.2 Å². The molecule has 0 bridgehead atoms. The Morgan fingerprint density at radius 3 is 3.06 bits per heavy atom. The van der Waals surface area contributed by atoms with Gasteiger partial charge in [-0.1, -0.05) is 11.6 Å². The van der Waals surface area contributed by atoms with Crippen LogP contribution in [0.2, 0.25) is 4.47 Å². The minimum absolute atomic E-state index is 0.0131. The molecule has 1 aromatic heterocycles. The van der Waals surface area contributed by atoms with Gasteiger partial charge in [-0.3, -0.25) is 4.79 Å². The van der Waals surface area contributed by atoms with Crippen LogP contribution in [0.25, 0.3) is 10.2 Å². The predicted octanol–water partition coefficient (Wildman–Crippen LogP) is 3.48. The highest BCUT2D eigenvalue weighted by Gasteiger charge is 2.29. The van der Waals surface area contributed by atoms with Crippen LogP contribution in [0, 0.1) is 5.92 Å². The first kappa shape index (κ1) is 11.9. The average molecular weight is 281 g/mol. The van der Waals surface area contributed by atoms with E-state index >= 15 is 0 Å². The SMILES string of the molecule is CC(NC(=O)c1ccc2nc(Cl)sc2c1)C1CC1. The smallest absolute Gasteiger partial charge is 0.251 e. The van der Waals surface area contributed by atoms with Crippen molar-refractivity contribution in [2.75, 3.05) is 0 Å². The number of fused-ring (bicyclic) bond motifs is 1. The highest BCUT2D eigenvalue weighted by Crippen LogP contribution is 2.32. The Kier molecular flexibility index (Phi) is 2.99. The van der Waals surface area contributed by atoms with Crippen molar-refractivity contribution in [1.29, 1.82) is 0 Å². The Bertz CT molecular complexity index is 606. The minimum Gasteiger partial charge on any atom is -0.349 e. The van der Waals surface area contributed by atoms with Crippen molar-refractivity contribution in [2.24, 2.45) is 5.92 Å². The molecule has 0 aliphatic heterocycles. The van der Waals surface area contributed by atoms with Crippen LogP contribution in [0.5, 0.6) is 0 Å². The van der Waals surface area contributed by atoms with Crippen LogP contribution in [-0.4, -0.2) is 16.9 Å².